The Morgan fingerprint density at radius 1 is 0.932 bits per heavy atom. The van der Waals surface area contributed by atoms with Gasteiger partial charge in [-0.25, -0.2) is 8.42 Å². The number of anilines is 1. The van der Waals surface area contributed by atoms with E-state index >= 15 is 0 Å². The topological polar surface area (TPSA) is 105 Å². The maximum Gasteiger partial charge on any atom is 0.264 e. The van der Waals surface area contributed by atoms with Crippen molar-refractivity contribution in [3.05, 3.63) is 82.3 Å². The Balaban J connectivity index is 1.77. The van der Waals surface area contributed by atoms with Gasteiger partial charge in [-0.3, -0.25) is 13.9 Å². The number of benzene rings is 3. The molecule has 0 unspecified atom stereocenters. The average Bonchev–Trinajstić information content (AvgIpc) is 3.03. The molecule has 1 fully saturated rings. The summed E-state index contributed by atoms with van der Waals surface area (Å²) in [6, 6.07) is 16.5. The molecule has 3 aromatic rings. The first kappa shape index (κ1) is 33.4. The Labute approximate surface area is 269 Å². The predicted molar refractivity (Wildman–Crippen MR) is 172 cm³/mol. The molecule has 236 valence electrons. The van der Waals surface area contributed by atoms with Gasteiger partial charge in [0.2, 0.25) is 11.8 Å². The monoisotopic (exact) mass is 661 g/mol. The number of hydrogen-bond donors (Lipinski definition) is 1. The number of carbonyl (C=O) groups excluding carboxylic acids is 2. The summed E-state index contributed by atoms with van der Waals surface area (Å²) in [5.74, 6) is -0.412. The summed E-state index contributed by atoms with van der Waals surface area (Å²) < 4.78 is 40.1. The Hall–Kier alpha value is -3.47. The van der Waals surface area contributed by atoms with Crippen molar-refractivity contribution < 1.29 is 27.5 Å². The van der Waals surface area contributed by atoms with Crippen molar-refractivity contribution in [2.75, 3.05) is 25.1 Å². The van der Waals surface area contributed by atoms with E-state index < -0.39 is 28.5 Å². The molecule has 2 amide bonds. The highest BCUT2D eigenvalue weighted by atomic mass is 35.5. The molecule has 1 aliphatic carbocycles. The predicted octanol–water partition coefficient (Wildman–Crippen LogP) is 6.07. The molecule has 1 aliphatic rings. The average molecular weight is 663 g/mol. The number of carbonyl (C=O) groups is 2. The van der Waals surface area contributed by atoms with Crippen molar-refractivity contribution >= 4 is 50.7 Å². The first-order valence-corrected chi connectivity index (χ1v) is 16.6. The van der Waals surface area contributed by atoms with Gasteiger partial charge in [0.05, 0.1) is 24.8 Å². The van der Waals surface area contributed by atoms with Gasteiger partial charge in [0.1, 0.15) is 24.1 Å². The van der Waals surface area contributed by atoms with E-state index in [1.54, 1.807) is 55.5 Å². The number of methoxy groups -OCH3 is 2. The molecule has 0 aromatic heterocycles. The van der Waals surface area contributed by atoms with E-state index in [1.807, 2.05) is 0 Å². The highest BCUT2D eigenvalue weighted by Crippen LogP contribution is 2.36. The lowest BCUT2D eigenvalue weighted by molar-refractivity contribution is -0.139. The van der Waals surface area contributed by atoms with Gasteiger partial charge >= 0.3 is 0 Å². The first-order valence-electron chi connectivity index (χ1n) is 14.4. The molecule has 12 heteroatoms. The van der Waals surface area contributed by atoms with Crippen molar-refractivity contribution in [1.29, 1.82) is 0 Å². The number of hydrogen-bond acceptors (Lipinski definition) is 6. The number of rotatable bonds is 12. The van der Waals surface area contributed by atoms with Crippen molar-refractivity contribution in [2.24, 2.45) is 0 Å². The molecule has 1 atom stereocenters. The minimum absolute atomic E-state index is 0.00977. The number of nitrogens with one attached hydrogen (secondary N) is 1. The Morgan fingerprint density at radius 3 is 2.20 bits per heavy atom. The highest BCUT2D eigenvalue weighted by molar-refractivity contribution is 7.92. The van der Waals surface area contributed by atoms with Crippen molar-refractivity contribution in [3.63, 3.8) is 0 Å². The third-order valence-electron chi connectivity index (χ3n) is 7.77. The van der Waals surface area contributed by atoms with E-state index in [0.29, 0.717) is 21.4 Å². The van der Waals surface area contributed by atoms with Crippen molar-refractivity contribution in [1.82, 2.24) is 10.2 Å². The fraction of sp³-hybridized carbons (Fsp3) is 0.375. The zero-order valence-corrected chi connectivity index (χ0v) is 27.3. The fourth-order valence-corrected chi connectivity index (χ4v) is 7.18. The molecule has 3 aromatic carbocycles. The van der Waals surface area contributed by atoms with Crippen LogP contribution in [0.25, 0.3) is 0 Å². The molecule has 0 spiro atoms. The number of ether oxygens (including phenoxy) is 2. The number of amides is 2. The summed E-state index contributed by atoms with van der Waals surface area (Å²) in [6.45, 7) is 0.845. The molecular weight excluding hydrogens is 625 g/mol. The molecule has 0 heterocycles. The number of nitrogens with zero attached hydrogens (tertiary/aromatic N) is 2. The molecule has 1 saturated carbocycles. The van der Waals surface area contributed by atoms with Gasteiger partial charge in [0, 0.05) is 34.3 Å². The minimum atomic E-state index is -4.30. The maximum atomic E-state index is 14.3. The number of halogens is 2. The van der Waals surface area contributed by atoms with Crippen LogP contribution in [-0.2, 0) is 26.2 Å². The molecule has 44 heavy (non-hydrogen) atoms. The second kappa shape index (κ2) is 15.0. The molecule has 9 nitrogen and oxygen atoms in total. The third kappa shape index (κ3) is 7.78. The van der Waals surface area contributed by atoms with Crippen LogP contribution in [0, 0.1) is 0 Å². The molecule has 4 rings (SSSR count). The molecule has 0 aliphatic heterocycles. The number of sulfonamides is 1. The molecule has 0 saturated heterocycles. The van der Waals surface area contributed by atoms with Crippen LogP contribution in [0.5, 0.6) is 11.5 Å². The summed E-state index contributed by atoms with van der Waals surface area (Å²) in [5.41, 5.74) is 0.539. The normalized spacial score (nSPS) is 14.4. The van der Waals surface area contributed by atoms with Crippen LogP contribution in [0.3, 0.4) is 0 Å². The smallest absolute Gasteiger partial charge is 0.264 e. The van der Waals surface area contributed by atoms with Gasteiger partial charge in [0.15, 0.2) is 0 Å². The molecule has 0 bridgehead atoms. The maximum absolute atomic E-state index is 14.3. The van der Waals surface area contributed by atoms with Gasteiger partial charge in [-0.2, -0.15) is 0 Å². The fourth-order valence-electron chi connectivity index (χ4n) is 5.23. The van der Waals surface area contributed by atoms with Gasteiger partial charge < -0.3 is 19.7 Å². The summed E-state index contributed by atoms with van der Waals surface area (Å²) in [7, 11) is -1.44. The largest absolute Gasteiger partial charge is 0.497 e. The van der Waals surface area contributed by atoms with Gasteiger partial charge in [0.25, 0.3) is 10.0 Å². The molecular formula is C32H37Cl2N3O6S. The van der Waals surface area contributed by atoms with E-state index in [9.17, 15) is 18.0 Å². The zero-order chi connectivity index (χ0) is 31.9. The Morgan fingerprint density at radius 2 is 1.59 bits per heavy atom. The van der Waals surface area contributed by atoms with E-state index in [1.165, 1.54) is 37.3 Å². The SMILES string of the molecule is COc1ccc(OC)c(N(CC(=O)N(Cc2c(Cl)cccc2Cl)[C@@H](C)C(=O)NC2CCCCC2)S(=O)(=O)c2ccccc2)c1. The quantitative estimate of drug-likeness (QED) is 0.253. The van der Waals surface area contributed by atoms with Crippen LogP contribution in [0.15, 0.2) is 71.6 Å². The summed E-state index contributed by atoms with van der Waals surface area (Å²) in [5, 5.41) is 3.71. The van der Waals surface area contributed by atoms with Gasteiger partial charge in [-0.05, 0) is 56.2 Å². The van der Waals surface area contributed by atoms with E-state index in [-0.39, 0.29) is 34.8 Å². The van der Waals surface area contributed by atoms with Gasteiger partial charge in [-0.15, -0.1) is 0 Å². The summed E-state index contributed by atoms with van der Waals surface area (Å²) in [4.78, 5) is 29.1. The molecule has 1 N–H and O–H groups in total. The first-order chi connectivity index (χ1) is 21.1. The van der Waals surface area contributed by atoms with Crippen LogP contribution in [-0.4, -0.2) is 58.0 Å². The van der Waals surface area contributed by atoms with Gasteiger partial charge in [-0.1, -0.05) is 66.7 Å². The summed E-state index contributed by atoms with van der Waals surface area (Å²) >= 11 is 13.0. The van der Waals surface area contributed by atoms with Crippen LogP contribution in [0.1, 0.15) is 44.6 Å². The van der Waals surface area contributed by atoms with Crippen molar-refractivity contribution in [2.45, 2.75) is 62.6 Å². The summed E-state index contributed by atoms with van der Waals surface area (Å²) in [6.07, 6.45) is 4.89. The Kier molecular flexibility index (Phi) is 11.4. The van der Waals surface area contributed by atoms with Crippen LogP contribution in [0.4, 0.5) is 5.69 Å². The Bertz CT molecular complexity index is 1550. The van der Waals surface area contributed by atoms with Crippen LogP contribution in [0.2, 0.25) is 10.0 Å². The van der Waals surface area contributed by atoms with E-state index in [4.69, 9.17) is 32.7 Å². The minimum Gasteiger partial charge on any atom is -0.497 e. The van der Waals surface area contributed by atoms with Crippen LogP contribution < -0.4 is 19.1 Å². The standard InChI is InChI=1S/C32H37Cl2N3O6S/c1-22(32(39)35-23-11-6-4-7-12-23)36(20-26-27(33)15-10-16-28(26)34)31(38)21-37(44(40,41)25-13-8-5-9-14-25)29-19-24(42-2)17-18-30(29)43-3/h5,8-10,13-19,22-23H,4,6-7,11-12,20-21H2,1-3H3,(H,35,39)/t22-/m0/s1. The zero-order valence-electron chi connectivity index (χ0n) is 25.0. The molecule has 0 radical (unpaired) electrons. The lowest BCUT2D eigenvalue weighted by Gasteiger charge is -2.34. The highest BCUT2D eigenvalue weighted by Gasteiger charge is 2.35. The van der Waals surface area contributed by atoms with Crippen molar-refractivity contribution in [3.8, 4) is 11.5 Å². The lowest BCUT2D eigenvalue weighted by atomic mass is 9.95. The lowest BCUT2D eigenvalue weighted by Crippen LogP contribution is -2.53. The van der Waals surface area contributed by atoms with E-state index in [0.717, 1.165) is 36.4 Å². The van der Waals surface area contributed by atoms with E-state index in [2.05, 4.69) is 5.32 Å². The second-order valence-corrected chi connectivity index (χ2v) is 13.3. The van der Waals surface area contributed by atoms with Crippen LogP contribution >= 0.6 is 23.2 Å². The third-order valence-corrected chi connectivity index (χ3v) is 10.3. The second-order valence-electron chi connectivity index (χ2n) is 10.6.